The van der Waals surface area contributed by atoms with E-state index in [1.165, 1.54) is 5.56 Å². The molecule has 1 heterocycles. The van der Waals surface area contributed by atoms with Gasteiger partial charge in [0.15, 0.2) is 5.96 Å². The van der Waals surface area contributed by atoms with E-state index in [4.69, 9.17) is 0 Å². The Hall–Kier alpha value is -1.57. The molecule has 2 N–H and O–H groups in total. The molecule has 1 aromatic carbocycles. The molecule has 2 aromatic rings. The van der Waals surface area contributed by atoms with E-state index in [-0.39, 0.29) is 30.0 Å². The number of nitrogens with one attached hydrogen (secondary N) is 2. The Morgan fingerprint density at radius 3 is 2.57 bits per heavy atom. The van der Waals surface area contributed by atoms with Gasteiger partial charge in [-0.05, 0) is 24.5 Å². The molecule has 2 unspecified atom stereocenters. The average Bonchev–Trinajstić information content (AvgIpc) is 3.05. The van der Waals surface area contributed by atoms with E-state index in [0.717, 1.165) is 19.0 Å². The molecule has 0 aliphatic rings. The van der Waals surface area contributed by atoms with Crippen molar-refractivity contribution in [2.24, 2.45) is 10.9 Å². The number of aliphatic imine (C=N–C) groups is 1. The molecular weight excluding hydrogens is 401 g/mol. The van der Waals surface area contributed by atoms with Gasteiger partial charge in [0.25, 0.3) is 0 Å². The Bertz CT molecular complexity index is 568. The predicted molar refractivity (Wildman–Crippen MR) is 106 cm³/mol. The maximum absolute atomic E-state index is 4.29. The van der Waals surface area contributed by atoms with Crippen LogP contribution in [-0.2, 0) is 6.54 Å². The maximum atomic E-state index is 4.29. The Morgan fingerprint density at radius 2 is 1.96 bits per heavy atom. The quantitative estimate of drug-likeness (QED) is 0.423. The molecule has 0 spiro atoms. The SMILES string of the molecule is CN=C(NCC(C)Cn1cccn1)NC(C)c1ccccc1.I. The van der Waals surface area contributed by atoms with E-state index in [1.807, 2.05) is 29.2 Å². The third kappa shape index (κ3) is 6.60. The van der Waals surface area contributed by atoms with Crippen molar-refractivity contribution in [2.75, 3.05) is 13.6 Å². The summed E-state index contributed by atoms with van der Waals surface area (Å²) in [6.45, 7) is 6.07. The minimum Gasteiger partial charge on any atom is -0.356 e. The van der Waals surface area contributed by atoms with E-state index in [9.17, 15) is 0 Å². The molecule has 5 nitrogen and oxygen atoms in total. The lowest BCUT2D eigenvalue weighted by molar-refractivity contribution is 0.442. The molecule has 0 aliphatic carbocycles. The number of benzene rings is 1. The molecule has 0 fully saturated rings. The number of guanidine groups is 1. The summed E-state index contributed by atoms with van der Waals surface area (Å²) in [6.07, 6.45) is 3.79. The molecule has 0 saturated heterocycles. The van der Waals surface area contributed by atoms with Gasteiger partial charge >= 0.3 is 0 Å². The van der Waals surface area contributed by atoms with Crippen molar-refractivity contribution in [1.29, 1.82) is 0 Å². The Labute approximate surface area is 155 Å². The minimum absolute atomic E-state index is 0. The van der Waals surface area contributed by atoms with Crippen molar-refractivity contribution in [3.05, 3.63) is 54.4 Å². The van der Waals surface area contributed by atoms with Gasteiger partial charge in [-0.3, -0.25) is 9.67 Å². The minimum atomic E-state index is 0. The summed E-state index contributed by atoms with van der Waals surface area (Å²) in [5, 5.41) is 11.0. The molecular formula is C17H26IN5. The van der Waals surface area contributed by atoms with Crippen molar-refractivity contribution >= 4 is 29.9 Å². The average molecular weight is 427 g/mol. The zero-order valence-corrected chi connectivity index (χ0v) is 16.3. The van der Waals surface area contributed by atoms with Gasteiger partial charge in [-0.25, -0.2) is 0 Å². The van der Waals surface area contributed by atoms with Crippen LogP contribution >= 0.6 is 24.0 Å². The summed E-state index contributed by atoms with van der Waals surface area (Å²) >= 11 is 0. The second-order valence-corrected chi connectivity index (χ2v) is 5.56. The molecule has 6 heteroatoms. The molecule has 23 heavy (non-hydrogen) atoms. The smallest absolute Gasteiger partial charge is 0.191 e. The van der Waals surface area contributed by atoms with Crippen LogP contribution in [0.3, 0.4) is 0 Å². The van der Waals surface area contributed by atoms with E-state index >= 15 is 0 Å². The first kappa shape index (κ1) is 19.5. The van der Waals surface area contributed by atoms with Crippen LogP contribution in [0, 0.1) is 5.92 Å². The van der Waals surface area contributed by atoms with Crippen LogP contribution in [0.4, 0.5) is 0 Å². The van der Waals surface area contributed by atoms with Gasteiger partial charge in [-0.1, -0.05) is 37.3 Å². The fourth-order valence-corrected chi connectivity index (χ4v) is 2.29. The van der Waals surface area contributed by atoms with E-state index in [0.29, 0.717) is 5.92 Å². The summed E-state index contributed by atoms with van der Waals surface area (Å²) in [4.78, 5) is 4.29. The van der Waals surface area contributed by atoms with Crippen molar-refractivity contribution in [3.63, 3.8) is 0 Å². The molecule has 0 bridgehead atoms. The van der Waals surface area contributed by atoms with Gasteiger partial charge in [-0.15, -0.1) is 24.0 Å². The zero-order valence-electron chi connectivity index (χ0n) is 13.9. The molecule has 0 radical (unpaired) electrons. The normalized spacial score (nSPS) is 13.8. The van der Waals surface area contributed by atoms with Crippen LogP contribution in [0.5, 0.6) is 0 Å². The van der Waals surface area contributed by atoms with Gasteiger partial charge < -0.3 is 10.6 Å². The van der Waals surface area contributed by atoms with Crippen LogP contribution in [0.25, 0.3) is 0 Å². The van der Waals surface area contributed by atoms with Crippen LogP contribution in [-0.4, -0.2) is 29.3 Å². The third-order valence-electron chi connectivity index (χ3n) is 3.55. The highest BCUT2D eigenvalue weighted by atomic mass is 127. The zero-order chi connectivity index (χ0) is 15.8. The van der Waals surface area contributed by atoms with Gasteiger partial charge in [0, 0.05) is 32.5 Å². The van der Waals surface area contributed by atoms with Crippen molar-refractivity contribution < 1.29 is 0 Å². The largest absolute Gasteiger partial charge is 0.356 e. The topological polar surface area (TPSA) is 54.2 Å². The van der Waals surface area contributed by atoms with Gasteiger partial charge in [0.1, 0.15) is 0 Å². The van der Waals surface area contributed by atoms with E-state index in [2.05, 4.69) is 58.8 Å². The summed E-state index contributed by atoms with van der Waals surface area (Å²) in [5.41, 5.74) is 1.25. The fraction of sp³-hybridized carbons (Fsp3) is 0.412. The number of nitrogens with zero attached hydrogens (tertiary/aromatic N) is 3. The number of halogens is 1. The lowest BCUT2D eigenvalue weighted by Crippen LogP contribution is -2.41. The summed E-state index contributed by atoms with van der Waals surface area (Å²) in [6, 6.07) is 12.5. The van der Waals surface area contributed by atoms with Crippen molar-refractivity contribution in [3.8, 4) is 0 Å². The van der Waals surface area contributed by atoms with Crippen molar-refractivity contribution in [1.82, 2.24) is 20.4 Å². The lowest BCUT2D eigenvalue weighted by atomic mass is 10.1. The van der Waals surface area contributed by atoms with Gasteiger partial charge in [0.2, 0.25) is 0 Å². The molecule has 2 atom stereocenters. The first-order valence-corrected chi connectivity index (χ1v) is 7.68. The molecule has 0 aliphatic heterocycles. The Kier molecular flexibility index (Phi) is 8.68. The maximum Gasteiger partial charge on any atom is 0.191 e. The van der Waals surface area contributed by atoms with Crippen LogP contribution < -0.4 is 10.6 Å². The first-order valence-electron chi connectivity index (χ1n) is 7.68. The van der Waals surface area contributed by atoms with Gasteiger partial charge in [0.05, 0.1) is 6.04 Å². The standard InChI is InChI=1S/C17H25N5.HI/c1-14(13-22-11-7-10-20-22)12-19-17(18-3)21-15(2)16-8-5-4-6-9-16;/h4-11,14-15H,12-13H2,1-3H3,(H2,18,19,21);1H. The summed E-state index contributed by atoms with van der Waals surface area (Å²) < 4.78 is 1.95. The second kappa shape index (κ2) is 10.3. The molecule has 0 saturated carbocycles. The Morgan fingerprint density at radius 1 is 1.22 bits per heavy atom. The number of hydrogen-bond acceptors (Lipinski definition) is 2. The van der Waals surface area contributed by atoms with Crippen LogP contribution in [0.1, 0.15) is 25.5 Å². The number of aromatic nitrogens is 2. The first-order chi connectivity index (χ1) is 10.7. The number of rotatable bonds is 6. The van der Waals surface area contributed by atoms with Crippen molar-refractivity contribution in [2.45, 2.75) is 26.4 Å². The van der Waals surface area contributed by atoms with E-state index in [1.54, 1.807) is 7.05 Å². The number of hydrogen-bond donors (Lipinski definition) is 2. The van der Waals surface area contributed by atoms with Crippen LogP contribution in [0.2, 0.25) is 0 Å². The summed E-state index contributed by atoms with van der Waals surface area (Å²) in [7, 11) is 1.80. The monoisotopic (exact) mass is 427 g/mol. The fourth-order valence-electron chi connectivity index (χ4n) is 2.29. The lowest BCUT2D eigenvalue weighted by Gasteiger charge is -2.20. The molecule has 126 valence electrons. The second-order valence-electron chi connectivity index (χ2n) is 5.56. The Balaban J connectivity index is 0.00000264. The van der Waals surface area contributed by atoms with Gasteiger partial charge in [-0.2, -0.15) is 5.10 Å². The summed E-state index contributed by atoms with van der Waals surface area (Å²) in [5.74, 6) is 1.29. The molecule has 0 amide bonds. The highest BCUT2D eigenvalue weighted by Gasteiger charge is 2.09. The van der Waals surface area contributed by atoms with Crippen LogP contribution in [0.15, 0.2) is 53.8 Å². The predicted octanol–water partition coefficient (Wildman–Crippen LogP) is 3.06. The molecule has 1 aromatic heterocycles. The molecule has 2 rings (SSSR count). The highest BCUT2D eigenvalue weighted by molar-refractivity contribution is 14.0. The van der Waals surface area contributed by atoms with E-state index < -0.39 is 0 Å². The highest BCUT2D eigenvalue weighted by Crippen LogP contribution is 2.10. The third-order valence-corrected chi connectivity index (χ3v) is 3.55.